The Balaban J connectivity index is 1.81. The van der Waals surface area contributed by atoms with Gasteiger partial charge in [-0.05, 0) is 25.2 Å². The van der Waals surface area contributed by atoms with Gasteiger partial charge in [-0.15, -0.1) is 0 Å². The van der Waals surface area contributed by atoms with Crippen molar-refractivity contribution in [2.24, 2.45) is 5.92 Å². The van der Waals surface area contributed by atoms with Crippen LogP contribution in [0.2, 0.25) is 0 Å². The van der Waals surface area contributed by atoms with Crippen LogP contribution in [-0.4, -0.2) is 18.3 Å². The number of piperidine rings is 1. The monoisotopic (exact) mass is 235 g/mol. The molecule has 94 valence electrons. The molecule has 0 aromatic carbocycles. The molecule has 1 heterocycles. The second-order valence-electron chi connectivity index (χ2n) is 5.27. The van der Waals surface area contributed by atoms with E-state index in [1.54, 1.807) is 0 Å². The summed E-state index contributed by atoms with van der Waals surface area (Å²) in [6.07, 6.45) is 3.74. The Kier molecular flexibility index (Phi) is 3.77. The molecule has 1 saturated carbocycles. The van der Waals surface area contributed by atoms with Crippen LogP contribution < -0.4 is 5.32 Å². The summed E-state index contributed by atoms with van der Waals surface area (Å²) in [6.45, 7) is 0. The summed E-state index contributed by atoms with van der Waals surface area (Å²) in [5, 5.41) is 2.80. The molecule has 0 aromatic heterocycles. The molecule has 0 bridgehead atoms. The van der Waals surface area contributed by atoms with E-state index in [1.165, 1.54) is 25.7 Å². The summed E-state index contributed by atoms with van der Waals surface area (Å²) >= 11 is 0. The molecular formula is C12H20F3N. The molecular weight excluding hydrogens is 215 g/mol. The Morgan fingerprint density at radius 3 is 2.25 bits per heavy atom. The Bertz CT molecular complexity index is 221. The van der Waals surface area contributed by atoms with Crippen molar-refractivity contribution in [1.82, 2.24) is 5.32 Å². The average Bonchev–Trinajstić information content (AvgIpc) is 2.70. The zero-order chi connectivity index (χ0) is 11.6. The molecule has 0 radical (unpaired) electrons. The third-order valence-electron chi connectivity index (χ3n) is 3.97. The van der Waals surface area contributed by atoms with Gasteiger partial charge in [0.1, 0.15) is 6.04 Å². The molecule has 2 rings (SSSR count). The van der Waals surface area contributed by atoms with Crippen molar-refractivity contribution in [3.8, 4) is 0 Å². The third-order valence-corrected chi connectivity index (χ3v) is 3.97. The van der Waals surface area contributed by atoms with E-state index < -0.39 is 12.2 Å². The molecule has 4 heteroatoms. The van der Waals surface area contributed by atoms with E-state index in [1.807, 2.05) is 0 Å². The fourth-order valence-electron chi connectivity index (χ4n) is 3.11. The van der Waals surface area contributed by atoms with Gasteiger partial charge in [0, 0.05) is 6.04 Å². The number of rotatable bonds is 2. The quantitative estimate of drug-likeness (QED) is 0.770. The van der Waals surface area contributed by atoms with E-state index >= 15 is 0 Å². The van der Waals surface area contributed by atoms with E-state index in [0.717, 1.165) is 12.8 Å². The third kappa shape index (κ3) is 3.12. The van der Waals surface area contributed by atoms with Crippen LogP contribution >= 0.6 is 0 Å². The predicted molar refractivity (Wildman–Crippen MR) is 57.2 cm³/mol. The summed E-state index contributed by atoms with van der Waals surface area (Å²) in [5.41, 5.74) is 0. The lowest BCUT2D eigenvalue weighted by molar-refractivity contribution is -0.163. The summed E-state index contributed by atoms with van der Waals surface area (Å²) in [4.78, 5) is 0. The summed E-state index contributed by atoms with van der Waals surface area (Å²) in [6, 6.07) is -1.16. The number of alkyl halides is 3. The van der Waals surface area contributed by atoms with E-state index in [-0.39, 0.29) is 12.5 Å². The van der Waals surface area contributed by atoms with Crippen molar-refractivity contribution < 1.29 is 13.2 Å². The van der Waals surface area contributed by atoms with Gasteiger partial charge in [-0.25, -0.2) is 0 Å². The van der Waals surface area contributed by atoms with Gasteiger partial charge >= 0.3 is 6.18 Å². The first-order valence-corrected chi connectivity index (χ1v) is 6.38. The highest BCUT2D eigenvalue weighted by atomic mass is 19.4. The van der Waals surface area contributed by atoms with Crippen LogP contribution in [0.3, 0.4) is 0 Å². The highest BCUT2D eigenvalue weighted by Crippen LogP contribution is 2.33. The summed E-state index contributed by atoms with van der Waals surface area (Å²) in [5.74, 6) is 0.671. The maximum absolute atomic E-state index is 12.6. The van der Waals surface area contributed by atoms with E-state index in [9.17, 15) is 13.2 Å². The molecule has 0 amide bonds. The van der Waals surface area contributed by atoms with Gasteiger partial charge in [-0.2, -0.15) is 13.2 Å². The molecule has 2 aliphatic rings. The van der Waals surface area contributed by atoms with Crippen LogP contribution in [0.4, 0.5) is 13.2 Å². The number of nitrogens with one attached hydrogen (secondary N) is 1. The number of hydrogen-bond acceptors (Lipinski definition) is 1. The Morgan fingerprint density at radius 2 is 1.62 bits per heavy atom. The van der Waals surface area contributed by atoms with Gasteiger partial charge in [0.25, 0.3) is 0 Å². The Labute approximate surface area is 94.8 Å². The molecule has 2 fully saturated rings. The highest BCUT2D eigenvalue weighted by molar-refractivity contribution is 4.86. The largest absolute Gasteiger partial charge is 0.403 e. The first-order chi connectivity index (χ1) is 7.55. The molecule has 16 heavy (non-hydrogen) atoms. The van der Waals surface area contributed by atoms with Crippen molar-refractivity contribution >= 4 is 0 Å². The molecule has 0 aromatic rings. The van der Waals surface area contributed by atoms with Crippen molar-refractivity contribution in [3.05, 3.63) is 0 Å². The van der Waals surface area contributed by atoms with Crippen LogP contribution in [0.5, 0.6) is 0 Å². The van der Waals surface area contributed by atoms with Crippen LogP contribution in [0.25, 0.3) is 0 Å². The number of hydrogen-bond donors (Lipinski definition) is 1. The number of halogens is 3. The Morgan fingerprint density at radius 1 is 0.938 bits per heavy atom. The van der Waals surface area contributed by atoms with Crippen LogP contribution in [0.1, 0.15) is 51.4 Å². The van der Waals surface area contributed by atoms with Gasteiger partial charge < -0.3 is 5.32 Å². The minimum Gasteiger partial charge on any atom is -0.303 e. The molecule has 2 unspecified atom stereocenters. The molecule has 0 spiro atoms. The molecule has 1 nitrogen and oxygen atoms in total. The first-order valence-electron chi connectivity index (χ1n) is 6.38. The van der Waals surface area contributed by atoms with Crippen LogP contribution in [0, 0.1) is 5.92 Å². The lowest BCUT2D eigenvalue weighted by Crippen LogP contribution is -2.50. The second-order valence-corrected chi connectivity index (χ2v) is 5.27. The zero-order valence-corrected chi connectivity index (χ0v) is 9.52. The van der Waals surface area contributed by atoms with Crippen LogP contribution in [-0.2, 0) is 0 Å². The van der Waals surface area contributed by atoms with Crippen LogP contribution in [0.15, 0.2) is 0 Å². The summed E-state index contributed by atoms with van der Waals surface area (Å²) in [7, 11) is 0. The van der Waals surface area contributed by atoms with E-state index in [0.29, 0.717) is 12.3 Å². The first kappa shape index (κ1) is 12.2. The maximum Gasteiger partial charge on any atom is 0.403 e. The summed E-state index contributed by atoms with van der Waals surface area (Å²) < 4.78 is 37.7. The van der Waals surface area contributed by atoms with Crippen molar-refractivity contribution in [2.75, 3.05) is 0 Å². The Hall–Kier alpha value is -0.250. The minimum atomic E-state index is -4.06. The molecule has 2 atom stereocenters. The van der Waals surface area contributed by atoms with Crippen molar-refractivity contribution in [2.45, 2.75) is 69.6 Å². The lowest BCUT2D eigenvalue weighted by atomic mass is 9.90. The minimum absolute atomic E-state index is 0.100. The smallest absolute Gasteiger partial charge is 0.303 e. The van der Waals surface area contributed by atoms with Gasteiger partial charge in [-0.3, -0.25) is 0 Å². The normalized spacial score (nSPS) is 33.2. The second kappa shape index (κ2) is 4.94. The SMILES string of the molecule is FC(F)(F)C1CCCC(CC2CCCC2)N1. The van der Waals surface area contributed by atoms with E-state index in [2.05, 4.69) is 5.32 Å². The van der Waals surface area contributed by atoms with Crippen molar-refractivity contribution in [1.29, 1.82) is 0 Å². The molecule has 1 aliphatic heterocycles. The highest BCUT2D eigenvalue weighted by Gasteiger charge is 2.42. The van der Waals surface area contributed by atoms with Gasteiger partial charge in [0.05, 0.1) is 0 Å². The molecule has 1 saturated heterocycles. The average molecular weight is 235 g/mol. The molecule has 1 aliphatic carbocycles. The molecule has 1 N–H and O–H groups in total. The van der Waals surface area contributed by atoms with Crippen molar-refractivity contribution in [3.63, 3.8) is 0 Å². The van der Waals surface area contributed by atoms with Gasteiger partial charge in [0.2, 0.25) is 0 Å². The fourth-order valence-corrected chi connectivity index (χ4v) is 3.11. The predicted octanol–water partition coefficient (Wildman–Crippen LogP) is 3.64. The van der Waals surface area contributed by atoms with Gasteiger partial charge in [-0.1, -0.05) is 32.1 Å². The standard InChI is InChI=1S/C12H20F3N/c13-12(14,15)11-7-3-6-10(16-11)8-9-4-1-2-5-9/h9-11,16H,1-8H2. The maximum atomic E-state index is 12.6. The zero-order valence-electron chi connectivity index (χ0n) is 9.52. The topological polar surface area (TPSA) is 12.0 Å². The van der Waals surface area contributed by atoms with Gasteiger partial charge in [0.15, 0.2) is 0 Å². The lowest BCUT2D eigenvalue weighted by Gasteiger charge is -2.33. The fraction of sp³-hybridized carbons (Fsp3) is 1.00. The van der Waals surface area contributed by atoms with E-state index in [4.69, 9.17) is 0 Å².